The van der Waals surface area contributed by atoms with Gasteiger partial charge in [0.15, 0.2) is 6.20 Å². The van der Waals surface area contributed by atoms with Gasteiger partial charge in [0.2, 0.25) is 10.0 Å². The molecule has 1 rings (SSSR count). The third kappa shape index (κ3) is 5.17. The molecule has 9 nitrogen and oxygen atoms in total. The fourth-order valence-corrected chi connectivity index (χ4v) is 2.28. The van der Waals surface area contributed by atoms with Gasteiger partial charge in [0.25, 0.3) is 0 Å². The average molecular weight is 304 g/mol. The van der Waals surface area contributed by atoms with Gasteiger partial charge in [-0.25, -0.2) is 13.1 Å². The Kier molecular flexibility index (Phi) is 5.95. The van der Waals surface area contributed by atoms with Gasteiger partial charge in [-0.3, -0.25) is 0 Å². The zero-order valence-corrected chi connectivity index (χ0v) is 11.6. The van der Waals surface area contributed by atoms with E-state index in [4.69, 9.17) is 5.11 Å². The fourth-order valence-electron chi connectivity index (χ4n) is 1.31. The molecule has 0 spiro atoms. The molecular weight excluding hydrogens is 288 g/mol. The molecule has 0 amide bonds. The third-order valence-corrected chi connectivity index (χ3v) is 3.70. The van der Waals surface area contributed by atoms with Crippen molar-refractivity contribution < 1.29 is 18.4 Å². The summed E-state index contributed by atoms with van der Waals surface area (Å²) < 4.78 is 25.9. The number of aliphatic hydroxyl groups is 1. The first-order valence-electron chi connectivity index (χ1n) is 5.82. The van der Waals surface area contributed by atoms with Gasteiger partial charge in [-0.2, -0.15) is 0 Å². The van der Waals surface area contributed by atoms with E-state index >= 15 is 0 Å². The van der Waals surface area contributed by atoms with Gasteiger partial charge >= 0.3 is 5.82 Å². The molecule has 0 bridgehead atoms. The largest absolute Gasteiger partial charge is 0.392 e. The minimum Gasteiger partial charge on any atom is -0.392 e. The first-order chi connectivity index (χ1) is 9.33. The van der Waals surface area contributed by atoms with Crippen LogP contribution >= 0.6 is 0 Å². The van der Waals surface area contributed by atoms with Gasteiger partial charge in [0.05, 0.1) is 6.10 Å². The van der Waals surface area contributed by atoms with E-state index in [0.717, 1.165) is 18.3 Å². The van der Waals surface area contributed by atoms with Gasteiger partial charge in [0.1, 0.15) is 4.90 Å². The number of aromatic nitrogens is 1. The number of hydrogen-bond donors (Lipinski definition) is 3. The fraction of sp³-hybridized carbons (Fsp3) is 0.500. The molecule has 112 valence electrons. The number of sulfonamides is 1. The summed E-state index contributed by atoms with van der Waals surface area (Å²) in [6.45, 7) is 2.46. The molecule has 0 radical (unpaired) electrons. The molecule has 1 atom stereocenters. The molecular formula is C10H16N4O5S. The van der Waals surface area contributed by atoms with Crippen molar-refractivity contribution in [1.29, 1.82) is 0 Å². The predicted octanol–water partition coefficient (Wildman–Crippen LogP) is -0.761. The highest BCUT2D eigenvalue weighted by molar-refractivity contribution is 7.89. The Labute approximate surface area is 116 Å². The standard InChI is InChI=1S/C10H16N4O5S/c1-8(15)6-11-4-5-13-20(18,19)9-2-3-10(12-7-9)14(16)17/h2-3,7-8,11,13,15H,4-6H2,1H3. The molecule has 0 aromatic carbocycles. The van der Waals surface area contributed by atoms with Crippen LogP contribution < -0.4 is 10.0 Å². The maximum Gasteiger partial charge on any atom is 0.363 e. The Morgan fingerprint density at radius 1 is 1.45 bits per heavy atom. The highest BCUT2D eigenvalue weighted by atomic mass is 32.2. The normalized spacial score (nSPS) is 13.1. The van der Waals surface area contributed by atoms with Crippen LogP contribution in [0.2, 0.25) is 0 Å². The SMILES string of the molecule is CC(O)CNCCNS(=O)(=O)c1ccc([N+](=O)[O-])nc1. The number of aliphatic hydroxyl groups excluding tert-OH is 1. The second-order valence-electron chi connectivity index (χ2n) is 4.06. The number of nitrogens with zero attached hydrogens (tertiary/aromatic N) is 2. The molecule has 0 fully saturated rings. The first kappa shape index (κ1) is 16.4. The predicted molar refractivity (Wildman–Crippen MR) is 70.6 cm³/mol. The van der Waals surface area contributed by atoms with Gasteiger partial charge < -0.3 is 20.5 Å². The number of nitrogens with one attached hydrogen (secondary N) is 2. The van der Waals surface area contributed by atoms with Crippen LogP contribution in [0.1, 0.15) is 6.92 Å². The zero-order valence-electron chi connectivity index (χ0n) is 10.8. The van der Waals surface area contributed by atoms with Crippen LogP contribution in [-0.2, 0) is 10.0 Å². The van der Waals surface area contributed by atoms with Gasteiger partial charge in [-0.15, -0.1) is 0 Å². The summed E-state index contributed by atoms with van der Waals surface area (Å²) in [5.41, 5.74) is 0. The lowest BCUT2D eigenvalue weighted by Crippen LogP contribution is -2.34. The molecule has 1 heterocycles. The van der Waals surface area contributed by atoms with Gasteiger partial charge in [0, 0.05) is 25.7 Å². The monoisotopic (exact) mass is 304 g/mol. The van der Waals surface area contributed by atoms with E-state index in [-0.39, 0.29) is 11.4 Å². The van der Waals surface area contributed by atoms with Crippen molar-refractivity contribution in [3.05, 3.63) is 28.4 Å². The van der Waals surface area contributed by atoms with Crippen molar-refractivity contribution in [3.8, 4) is 0 Å². The molecule has 0 saturated heterocycles. The Bertz CT molecular complexity index is 543. The lowest BCUT2D eigenvalue weighted by Gasteiger charge is -2.08. The summed E-state index contributed by atoms with van der Waals surface area (Å²) in [4.78, 5) is 13.0. The molecule has 1 aromatic rings. The van der Waals surface area contributed by atoms with Crippen molar-refractivity contribution in [2.24, 2.45) is 0 Å². The molecule has 0 aliphatic rings. The number of pyridine rings is 1. The van der Waals surface area contributed by atoms with E-state index in [2.05, 4.69) is 15.0 Å². The van der Waals surface area contributed by atoms with Crippen LogP contribution in [0, 0.1) is 10.1 Å². The Morgan fingerprint density at radius 3 is 2.65 bits per heavy atom. The van der Waals surface area contributed by atoms with Crippen molar-refractivity contribution in [2.75, 3.05) is 19.6 Å². The van der Waals surface area contributed by atoms with Crippen molar-refractivity contribution >= 4 is 15.8 Å². The van der Waals surface area contributed by atoms with Crippen LogP contribution in [0.3, 0.4) is 0 Å². The summed E-state index contributed by atoms with van der Waals surface area (Å²) in [6, 6.07) is 2.15. The molecule has 1 unspecified atom stereocenters. The van der Waals surface area contributed by atoms with Crippen LogP contribution in [0.15, 0.2) is 23.2 Å². The Hall–Kier alpha value is -1.62. The van der Waals surface area contributed by atoms with Crippen LogP contribution in [0.5, 0.6) is 0 Å². The molecule has 10 heteroatoms. The summed E-state index contributed by atoms with van der Waals surface area (Å²) in [5.74, 6) is -0.414. The summed E-state index contributed by atoms with van der Waals surface area (Å²) >= 11 is 0. The molecule has 1 aromatic heterocycles. The molecule has 3 N–H and O–H groups in total. The number of rotatable bonds is 8. The lowest BCUT2D eigenvalue weighted by molar-refractivity contribution is -0.389. The maximum atomic E-state index is 11.8. The Morgan fingerprint density at radius 2 is 2.15 bits per heavy atom. The highest BCUT2D eigenvalue weighted by Gasteiger charge is 2.17. The first-order valence-corrected chi connectivity index (χ1v) is 7.30. The van der Waals surface area contributed by atoms with Crippen molar-refractivity contribution in [2.45, 2.75) is 17.9 Å². The van der Waals surface area contributed by atoms with E-state index in [0.29, 0.717) is 13.1 Å². The molecule has 0 saturated carbocycles. The molecule has 0 aliphatic heterocycles. The summed E-state index contributed by atoms with van der Waals surface area (Å²) in [7, 11) is -3.74. The second kappa shape index (κ2) is 7.24. The summed E-state index contributed by atoms with van der Waals surface area (Å²) in [6.07, 6.45) is 0.425. The second-order valence-corrected chi connectivity index (χ2v) is 5.83. The highest BCUT2D eigenvalue weighted by Crippen LogP contribution is 2.11. The van der Waals surface area contributed by atoms with Gasteiger partial charge in [-0.05, 0) is 22.9 Å². The van der Waals surface area contributed by atoms with Crippen molar-refractivity contribution in [1.82, 2.24) is 15.0 Å². The van der Waals surface area contributed by atoms with Gasteiger partial charge in [-0.1, -0.05) is 0 Å². The smallest absolute Gasteiger partial charge is 0.363 e. The maximum absolute atomic E-state index is 11.8. The zero-order chi connectivity index (χ0) is 15.2. The van der Waals surface area contributed by atoms with Crippen molar-refractivity contribution in [3.63, 3.8) is 0 Å². The third-order valence-electron chi connectivity index (χ3n) is 2.25. The summed E-state index contributed by atoms with van der Waals surface area (Å²) in [5, 5.41) is 22.3. The average Bonchev–Trinajstić information content (AvgIpc) is 2.38. The lowest BCUT2D eigenvalue weighted by atomic mass is 10.4. The van der Waals surface area contributed by atoms with E-state index < -0.39 is 26.9 Å². The Balaban J connectivity index is 2.54. The number of hydrogen-bond acceptors (Lipinski definition) is 7. The number of nitro groups is 1. The van der Waals surface area contributed by atoms with E-state index in [1.54, 1.807) is 6.92 Å². The molecule has 0 aliphatic carbocycles. The van der Waals surface area contributed by atoms with E-state index in [9.17, 15) is 18.5 Å². The quantitative estimate of drug-likeness (QED) is 0.326. The van der Waals surface area contributed by atoms with Crippen LogP contribution in [0.4, 0.5) is 5.82 Å². The van der Waals surface area contributed by atoms with E-state index in [1.807, 2.05) is 0 Å². The minimum absolute atomic E-state index is 0.131. The minimum atomic E-state index is -3.74. The molecule has 20 heavy (non-hydrogen) atoms. The van der Waals surface area contributed by atoms with Crippen LogP contribution in [-0.4, -0.2) is 49.2 Å². The van der Waals surface area contributed by atoms with E-state index in [1.165, 1.54) is 0 Å². The topological polar surface area (TPSA) is 134 Å². The van der Waals surface area contributed by atoms with Crippen LogP contribution in [0.25, 0.3) is 0 Å².